The predicted molar refractivity (Wildman–Crippen MR) is 68.2 cm³/mol. The van der Waals surface area contributed by atoms with Gasteiger partial charge in [-0.1, -0.05) is 18.2 Å². The van der Waals surface area contributed by atoms with E-state index in [4.69, 9.17) is 4.74 Å². The fraction of sp³-hybridized carbons (Fsp3) is 0.308. The summed E-state index contributed by atoms with van der Waals surface area (Å²) in [7, 11) is 1.86. The molecule has 0 aliphatic heterocycles. The molecule has 0 radical (unpaired) electrons. The lowest BCUT2D eigenvalue weighted by molar-refractivity contribution is -0.141. The second-order valence-corrected chi connectivity index (χ2v) is 3.90. The fourth-order valence-electron chi connectivity index (χ4n) is 1.75. The first-order valence-corrected chi connectivity index (χ1v) is 5.65. The average Bonchev–Trinajstić information content (AvgIpc) is 2.72. The number of anilines is 1. The molecule has 4 heteroatoms. The summed E-state index contributed by atoms with van der Waals surface area (Å²) in [6.45, 7) is 2.47. The quantitative estimate of drug-likeness (QED) is 0.822. The zero-order valence-corrected chi connectivity index (χ0v) is 10.1. The number of rotatable bonds is 4. The average molecular weight is 232 g/mol. The smallest absolute Gasteiger partial charge is 0.325 e. The highest BCUT2D eigenvalue weighted by molar-refractivity contribution is 5.85. The third kappa shape index (κ3) is 2.58. The van der Waals surface area contributed by atoms with Gasteiger partial charge in [-0.2, -0.15) is 0 Å². The van der Waals surface area contributed by atoms with Crippen LogP contribution in [0.15, 0.2) is 30.3 Å². The van der Waals surface area contributed by atoms with Crippen LogP contribution in [-0.4, -0.2) is 31.2 Å². The van der Waals surface area contributed by atoms with E-state index in [2.05, 4.69) is 4.98 Å². The maximum atomic E-state index is 11.4. The van der Waals surface area contributed by atoms with Gasteiger partial charge in [-0.15, -0.1) is 0 Å². The number of hydrogen-bond donors (Lipinski definition) is 1. The highest BCUT2D eigenvalue weighted by atomic mass is 16.5. The minimum Gasteiger partial charge on any atom is -0.465 e. The standard InChI is InChI=1S/C13H16N2O2/c1-3-17-13(16)9-15(2)12-8-10-6-4-5-7-11(10)14-12/h4-8,14H,3,9H2,1-2H3. The molecule has 0 aliphatic rings. The maximum absolute atomic E-state index is 11.4. The Kier molecular flexibility index (Phi) is 3.32. The SMILES string of the molecule is CCOC(=O)CN(C)c1cc2ccccc2[nH]1. The zero-order valence-electron chi connectivity index (χ0n) is 10.1. The minimum atomic E-state index is -0.214. The van der Waals surface area contributed by atoms with Crippen molar-refractivity contribution in [3.8, 4) is 0 Å². The summed E-state index contributed by atoms with van der Waals surface area (Å²) in [5, 5.41) is 1.14. The lowest BCUT2D eigenvalue weighted by Crippen LogP contribution is -2.27. The van der Waals surface area contributed by atoms with Gasteiger partial charge >= 0.3 is 5.97 Å². The highest BCUT2D eigenvalue weighted by Gasteiger charge is 2.10. The van der Waals surface area contributed by atoms with Crippen LogP contribution in [-0.2, 0) is 9.53 Å². The molecular weight excluding hydrogens is 216 g/mol. The Morgan fingerprint density at radius 1 is 1.41 bits per heavy atom. The summed E-state index contributed by atoms with van der Waals surface area (Å²) in [6.07, 6.45) is 0. The molecule has 17 heavy (non-hydrogen) atoms. The van der Waals surface area contributed by atoms with Crippen molar-refractivity contribution in [2.75, 3.05) is 25.1 Å². The maximum Gasteiger partial charge on any atom is 0.325 e. The van der Waals surface area contributed by atoms with Gasteiger partial charge in [-0.3, -0.25) is 4.79 Å². The van der Waals surface area contributed by atoms with Crippen LogP contribution in [0.5, 0.6) is 0 Å². The predicted octanol–water partition coefficient (Wildman–Crippen LogP) is 2.17. The third-order valence-corrected chi connectivity index (χ3v) is 2.60. The Labute approximate surface area is 100 Å². The van der Waals surface area contributed by atoms with Gasteiger partial charge in [0.15, 0.2) is 0 Å². The van der Waals surface area contributed by atoms with Crippen molar-refractivity contribution >= 4 is 22.7 Å². The molecule has 1 heterocycles. The summed E-state index contributed by atoms with van der Waals surface area (Å²) < 4.78 is 4.91. The lowest BCUT2D eigenvalue weighted by atomic mass is 10.2. The summed E-state index contributed by atoms with van der Waals surface area (Å²) in [5.74, 6) is 0.702. The number of para-hydroxylation sites is 1. The van der Waals surface area contributed by atoms with Gasteiger partial charge in [-0.05, 0) is 19.1 Å². The van der Waals surface area contributed by atoms with Crippen LogP contribution in [0, 0.1) is 0 Å². The molecule has 2 rings (SSSR count). The van der Waals surface area contributed by atoms with Crippen molar-refractivity contribution in [3.05, 3.63) is 30.3 Å². The van der Waals surface area contributed by atoms with E-state index in [9.17, 15) is 4.79 Å². The van der Waals surface area contributed by atoms with Crippen molar-refractivity contribution in [1.29, 1.82) is 0 Å². The van der Waals surface area contributed by atoms with E-state index < -0.39 is 0 Å². The van der Waals surface area contributed by atoms with Crippen LogP contribution in [0.2, 0.25) is 0 Å². The van der Waals surface area contributed by atoms with Gasteiger partial charge in [0.05, 0.1) is 6.61 Å². The van der Waals surface area contributed by atoms with Gasteiger partial charge < -0.3 is 14.6 Å². The number of aromatic nitrogens is 1. The monoisotopic (exact) mass is 232 g/mol. The number of nitrogens with one attached hydrogen (secondary N) is 1. The molecule has 1 N–H and O–H groups in total. The number of fused-ring (bicyclic) bond motifs is 1. The van der Waals surface area contributed by atoms with Crippen molar-refractivity contribution in [3.63, 3.8) is 0 Å². The molecule has 4 nitrogen and oxygen atoms in total. The van der Waals surface area contributed by atoms with Crippen molar-refractivity contribution in [2.45, 2.75) is 6.92 Å². The first kappa shape index (κ1) is 11.5. The van der Waals surface area contributed by atoms with Crippen molar-refractivity contribution in [2.24, 2.45) is 0 Å². The van der Waals surface area contributed by atoms with E-state index in [-0.39, 0.29) is 12.5 Å². The molecule has 0 saturated heterocycles. The molecule has 0 fully saturated rings. The van der Waals surface area contributed by atoms with E-state index in [0.717, 1.165) is 16.7 Å². The molecule has 90 valence electrons. The summed E-state index contributed by atoms with van der Waals surface area (Å²) in [4.78, 5) is 16.5. The number of ether oxygens (including phenoxy) is 1. The van der Waals surface area contributed by atoms with Crippen LogP contribution in [0.3, 0.4) is 0 Å². The number of carbonyl (C=O) groups is 1. The second-order valence-electron chi connectivity index (χ2n) is 3.90. The zero-order chi connectivity index (χ0) is 12.3. The Balaban J connectivity index is 2.13. The van der Waals surface area contributed by atoms with E-state index in [1.54, 1.807) is 6.92 Å². The topological polar surface area (TPSA) is 45.3 Å². The number of carbonyl (C=O) groups excluding carboxylic acids is 1. The van der Waals surface area contributed by atoms with Gasteiger partial charge in [0, 0.05) is 18.0 Å². The molecule has 0 unspecified atom stereocenters. The first-order valence-electron chi connectivity index (χ1n) is 5.65. The number of nitrogens with zero attached hydrogens (tertiary/aromatic N) is 1. The highest BCUT2D eigenvalue weighted by Crippen LogP contribution is 2.20. The van der Waals surface area contributed by atoms with E-state index in [1.807, 2.05) is 42.3 Å². The van der Waals surface area contributed by atoms with Gasteiger partial charge in [0.25, 0.3) is 0 Å². The lowest BCUT2D eigenvalue weighted by Gasteiger charge is -2.15. The number of esters is 1. The number of hydrogen-bond acceptors (Lipinski definition) is 3. The molecule has 0 bridgehead atoms. The van der Waals surface area contributed by atoms with Crippen LogP contribution in [0.4, 0.5) is 5.82 Å². The molecule has 0 saturated carbocycles. The number of H-pyrrole nitrogens is 1. The van der Waals surface area contributed by atoms with E-state index in [0.29, 0.717) is 6.61 Å². The fourth-order valence-corrected chi connectivity index (χ4v) is 1.75. The molecule has 2 aromatic rings. The number of benzene rings is 1. The van der Waals surface area contributed by atoms with Crippen molar-refractivity contribution < 1.29 is 9.53 Å². The Hall–Kier alpha value is -1.97. The Morgan fingerprint density at radius 2 is 2.18 bits per heavy atom. The van der Waals surface area contributed by atoms with Crippen LogP contribution >= 0.6 is 0 Å². The van der Waals surface area contributed by atoms with Crippen molar-refractivity contribution in [1.82, 2.24) is 4.98 Å². The van der Waals surface area contributed by atoms with E-state index in [1.165, 1.54) is 0 Å². The van der Waals surface area contributed by atoms with Crippen LogP contribution in [0.25, 0.3) is 10.9 Å². The van der Waals surface area contributed by atoms with Gasteiger partial charge in [-0.25, -0.2) is 0 Å². The molecule has 0 spiro atoms. The minimum absolute atomic E-state index is 0.214. The molecule has 0 atom stereocenters. The molecule has 0 aliphatic carbocycles. The molecule has 1 aromatic heterocycles. The normalized spacial score (nSPS) is 10.5. The number of likely N-dealkylation sites (N-methyl/N-ethyl adjacent to an activating group) is 1. The Bertz CT molecular complexity index is 486. The summed E-state index contributed by atoms with van der Waals surface area (Å²) in [6, 6.07) is 10.0. The summed E-state index contributed by atoms with van der Waals surface area (Å²) >= 11 is 0. The van der Waals surface area contributed by atoms with Gasteiger partial charge in [0.1, 0.15) is 12.4 Å². The Morgan fingerprint density at radius 3 is 2.88 bits per heavy atom. The largest absolute Gasteiger partial charge is 0.465 e. The van der Waals surface area contributed by atoms with Crippen LogP contribution in [0.1, 0.15) is 6.92 Å². The van der Waals surface area contributed by atoms with E-state index >= 15 is 0 Å². The third-order valence-electron chi connectivity index (χ3n) is 2.60. The second kappa shape index (κ2) is 4.91. The van der Waals surface area contributed by atoms with Gasteiger partial charge in [0.2, 0.25) is 0 Å². The molecule has 1 aromatic carbocycles. The molecule has 0 amide bonds. The summed E-state index contributed by atoms with van der Waals surface area (Å²) in [5.41, 5.74) is 1.07. The van der Waals surface area contributed by atoms with Crippen LogP contribution < -0.4 is 4.90 Å². The number of aromatic amines is 1. The molecular formula is C13H16N2O2. The first-order chi connectivity index (χ1) is 8.20.